The van der Waals surface area contributed by atoms with Crippen LogP contribution in [0.3, 0.4) is 0 Å². The van der Waals surface area contributed by atoms with Crippen molar-refractivity contribution < 1.29 is 14.6 Å². The third kappa shape index (κ3) is 1.12. The molecule has 1 aliphatic heterocycles. The highest BCUT2D eigenvalue weighted by atomic mass is 16.7. The fourth-order valence-corrected chi connectivity index (χ4v) is 2.53. The molecule has 0 amide bonds. The van der Waals surface area contributed by atoms with E-state index in [0.717, 1.165) is 11.1 Å². The highest BCUT2D eigenvalue weighted by molar-refractivity contribution is 5.88. The predicted octanol–water partition coefficient (Wildman–Crippen LogP) is 2.17. The number of hydrogen-bond donors (Lipinski definition) is 1. The van der Waals surface area contributed by atoms with Gasteiger partial charge < -0.3 is 9.84 Å². The molecule has 0 saturated carbocycles. The summed E-state index contributed by atoms with van der Waals surface area (Å²) in [6.45, 7) is 1.96. The zero-order valence-electron chi connectivity index (χ0n) is 9.38. The van der Waals surface area contributed by atoms with Crippen LogP contribution in [0.4, 0.5) is 0 Å². The van der Waals surface area contributed by atoms with Crippen molar-refractivity contribution in [2.75, 3.05) is 0 Å². The van der Waals surface area contributed by atoms with Gasteiger partial charge in [0, 0.05) is 0 Å². The van der Waals surface area contributed by atoms with E-state index in [1.54, 1.807) is 12.2 Å². The second kappa shape index (κ2) is 3.08. The number of benzene rings is 1. The number of aryl methyl sites for hydroxylation is 1. The Morgan fingerprint density at radius 3 is 2.65 bits per heavy atom. The largest absolute Gasteiger partial charge is 0.479 e. The van der Waals surface area contributed by atoms with Crippen LogP contribution in [0.15, 0.2) is 48.6 Å². The lowest BCUT2D eigenvalue weighted by Gasteiger charge is -2.16. The molecule has 0 radical (unpaired) electrons. The van der Waals surface area contributed by atoms with E-state index in [0.29, 0.717) is 0 Å². The molecule has 17 heavy (non-hydrogen) atoms. The van der Waals surface area contributed by atoms with Gasteiger partial charge in [-0.1, -0.05) is 36.4 Å². The molecule has 1 aromatic carbocycles. The smallest absolute Gasteiger partial charge is 0.343 e. The number of rotatable bonds is 2. The maximum absolute atomic E-state index is 11.4. The van der Waals surface area contributed by atoms with Crippen LogP contribution in [0.25, 0.3) is 0 Å². The normalized spacial score (nSPS) is 33.2. The van der Waals surface area contributed by atoms with Gasteiger partial charge in [0.25, 0.3) is 0 Å². The summed E-state index contributed by atoms with van der Waals surface area (Å²) in [5.41, 5.74) is -0.0779. The second-order valence-corrected chi connectivity index (χ2v) is 4.41. The van der Waals surface area contributed by atoms with Crippen molar-refractivity contribution in [3.05, 3.63) is 59.7 Å². The number of ether oxygens (including phenoxy) is 1. The monoisotopic (exact) mass is 228 g/mol. The van der Waals surface area contributed by atoms with E-state index in [4.69, 9.17) is 4.74 Å². The number of hydrogen-bond acceptors (Lipinski definition) is 2. The van der Waals surface area contributed by atoms with Crippen molar-refractivity contribution in [1.82, 2.24) is 0 Å². The molecule has 1 N–H and O–H groups in total. The van der Waals surface area contributed by atoms with Gasteiger partial charge in [-0.15, -0.1) is 0 Å². The van der Waals surface area contributed by atoms with Gasteiger partial charge in [-0.2, -0.15) is 0 Å². The minimum Gasteiger partial charge on any atom is -0.479 e. The van der Waals surface area contributed by atoms with E-state index < -0.39 is 17.2 Å². The first-order valence-electron chi connectivity index (χ1n) is 5.49. The summed E-state index contributed by atoms with van der Waals surface area (Å²) in [6.07, 6.45) is 6.99. The molecular formula is C14H12O3. The van der Waals surface area contributed by atoms with Crippen molar-refractivity contribution in [2.45, 2.75) is 18.1 Å². The summed E-state index contributed by atoms with van der Waals surface area (Å²) < 4.78 is 5.61. The molecule has 1 saturated heterocycles. The summed E-state index contributed by atoms with van der Waals surface area (Å²) >= 11 is 0. The molecule has 1 aromatic rings. The Labute approximate surface area is 99.0 Å². The van der Waals surface area contributed by atoms with Gasteiger partial charge in [-0.05, 0) is 30.2 Å². The first-order valence-corrected chi connectivity index (χ1v) is 5.49. The van der Waals surface area contributed by atoms with E-state index in [1.807, 2.05) is 43.3 Å². The van der Waals surface area contributed by atoms with Crippen LogP contribution < -0.4 is 0 Å². The molecule has 2 atom stereocenters. The minimum atomic E-state index is -1.21. The number of fused-ring (bicyclic) bond motifs is 1. The van der Waals surface area contributed by atoms with Gasteiger partial charge in [0.15, 0.2) is 5.60 Å². The first kappa shape index (κ1) is 10.3. The Morgan fingerprint density at radius 2 is 1.94 bits per heavy atom. The van der Waals surface area contributed by atoms with E-state index >= 15 is 0 Å². The predicted molar refractivity (Wildman–Crippen MR) is 62.6 cm³/mol. The van der Waals surface area contributed by atoms with Crippen molar-refractivity contribution >= 4 is 5.97 Å². The number of allylic oxidation sites excluding steroid dienone is 2. The SMILES string of the molecule is Cc1ccccc1C12C=CC=CC1(C(=O)O)O2. The molecule has 0 spiro atoms. The third-order valence-corrected chi connectivity index (χ3v) is 3.47. The number of epoxide rings is 1. The van der Waals surface area contributed by atoms with Crippen LogP contribution in [0.5, 0.6) is 0 Å². The van der Waals surface area contributed by atoms with Crippen molar-refractivity contribution in [1.29, 1.82) is 0 Å². The zero-order chi connectivity index (χ0) is 12.1. The van der Waals surface area contributed by atoms with E-state index in [-0.39, 0.29) is 0 Å². The van der Waals surface area contributed by atoms with Crippen LogP contribution in [0.2, 0.25) is 0 Å². The summed E-state index contributed by atoms with van der Waals surface area (Å²) in [6, 6.07) is 7.72. The first-order chi connectivity index (χ1) is 8.12. The van der Waals surface area contributed by atoms with Crippen molar-refractivity contribution in [2.24, 2.45) is 0 Å². The standard InChI is InChI=1S/C14H12O3/c1-10-6-2-3-7-11(10)13-8-4-5-9-14(13,17-13)12(15)16/h2-9H,1H3,(H,15,16). The second-order valence-electron chi connectivity index (χ2n) is 4.41. The lowest BCUT2D eigenvalue weighted by Crippen LogP contribution is -2.31. The van der Waals surface area contributed by atoms with E-state index in [1.165, 1.54) is 0 Å². The Balaban J connectivity index is 2.16. The molecule has 0 aromatic heterocycles. The molecule has 0 bridgehead atoms. The molecule has 3 nitrogen and oxygen atoms in total. The minimum absolute atomic E-state index is 0.821. The summed E-state index contributed by atoms with van der Waals surface area (Å²) in [7, 11) is 0. The average Bonchev–Trinajstić information content (AvgIpc) is 3.01. The molecule has 2 aliphatic rings. The average molecular weight is 228 g/mol. The fourth-order valence-electron chi connectivity index (χ4n) is 2.53. The van der Waals surface area contributed by atoms with Gasteiger partial charge in [-0.25, -0.2) is 4.79 Å². The van der Waals surface area contributed by atoms with Gasteiger partial charge in [0.1, 0.15) is 0 Å². The van der Waals surface area contributed by atoms with Gasteiger partial charge in [-0.3, -0.25) is 0 Å². The number of aliphatic carboxylic acids is 1. The molecule has 1 aliphatic carbocycles. The lowest BCUT2D eigenvalue weighted by atomic mass is 9.81. The molecule has 86 valence electrons. The molecule has 1 heterocycles. The Morgan fingerprint density at radius 1 is 1.24 bits per heavy atom. The van der Waals surface area contributed by atoms with Crippen molar-refractivity contribution in [3.8, 4) is 0 Å². The Hall–Kier alpha value is -1.87. The number of carboxylic acids is 1. The van der Waals surface area contributed by atoms with Crippen LogP contribution in [-0.4, -0.2) is 16.7 Å². The quantitative estimate of drug-likeness (QED) is 0.789. The molecule has 3 heteroatoms. The van der Waals surface area contributed by atoms with Gasteiger partial charge in [0.2, 0.25) is 5.60 Å². The highest BCUT2D eigenvalue weighted by Gasteiger charge is 2.74. The highest BCUT2D eigenvalue weighted by Crippen LogP contribution is 2.60. The van der Waals surface area contributed by atoms with Crippen LogP contribution in [-0.2, 0) is 15.1 Å². The van der Waals surface area contributed by atoms with E-state index in [9.17, 15) is 9.90 Å². The topological polar surface area (TPSA) is 49.8 Å². The van der Waals surface area contributed by atoms with Gasteiger partial charge >= 0.3 is 5.97 Å². The summed E-state index contributed by atoms with van der Waals surface area (Å²) in [5, 5.41) is 9.35. The van der Waals surface area contributed by atoms with Crippen molar-refractivity contribution in [3.63, 3.8) is 0 Å². The lowest BCUT2D eigenvalue weighted by molar-refractivity contribution is -0.141. The number of carbonyl (C=O) groups is 1. The van der Waals surface area contributed by atoms with Crippen LogP contribution in [0, 0.1) is 6.92 Å². The summed E-state index contributed by atoms with van der Waals surface area (Å²) in [5.74, 6) is -0.943. The molecule has 2 unspecified atom stereocenters. The number of carboxylic acid groups (broad SMARTS) is 1. The zero-order valence-corrected chi connectivity index (χ0v) is 9.38. The Bertz CT molecular complexity index is 558. The fraction of sp³-hybridized carbons (Fsp3) is 0.214. The maximum Gasteiger partial charge on any atom is 0.343 e. The van der Waals surface area contributed by atoms with Crippen LogP contribution in [0.1, 0.15) is 11.1 Å². The maximum atomic E-state index is 11.4. The summed E-state index contributed by atoms with van der Waals surface area (Å²) in [4.78, 5) is 11.4. The molecule has 1 fully saturated rings. The van der Waals surface area contributed by atoms with Crippen LogP contribution >= 0.6 is 0 Å². The molecule has 3 rings (SSSR count). The third-order valence-electron chi connectivity index (χ3n) is 3.47. The molecular weight excluding hydrogens is 216 g/mol. The van der Waals surface area contributed by atoms with Gasteiger partial charge in [0.05, 0.1) is 0 Å². The van der Waals surface area contributed by atoms with E-state index in [2.05, 4.69) is 0 Å². The Kier molecular flexibility index (Phi) is 1.86.